The van der Waals surface area contributed by atoms with E-state index >= 15 is 0 Å². The van der Waals surface area contributed by atoms with Gasteiger partial charge in [-0.3, -0.25) is 4.79 Å². The van der Waals surface area contributed by atoms with E-state index in [1.807, 2.05) is 11.8 Å². The van der Waals surface area contributed by atoms with Gasteiger partial charge in [0.05, 0.1) is 17.1 Å². The Hall–Kier alpha value is -2.48. The molecule has 26 heavy (non-hydrogen) atoms. The summed E-state index contributed by atoms with van der Waals surface area (Å²) in [7, 11) is -2.98. The van der Waals surface area contributed by atoms with Crippen LogP contribution in [-0.2, 0) is 9.84 Å². The van der Waals surface area contributed by atoms with Gasteiger partial charge in [-0.1, -0.05) is 0 Å². The zero-order valence-corrected chi connectivity index (χ0v) is 15.2. The number of amides is 1. The molecule has 1 amide bonds. The Morgan fingerprint density at radius 2 is 2.00 bits per heavy atom. The van der Waals surface area contributed by atoms with Gasteiger partial charge in [0.25, 0.3) is 5.91 Å². The number of anilines is 2. The summed E-state index contributed by atoms with van der Waals surface area (Å²) in [5.74, 6) is 0.263. The van der Waals surface area contributed by atoms with E-state index < -0.39 is 9.84 Å². The minimum Gasteiger partial charge on any atom is -0.353 e. The highest BCUT2D eigenvalue weighted by molar-refractivity contribution is 7.91. The van der Waals surface area contributed by atoms with E-state index in [9.17, 15) is 17.6 Å². The third-order valence-corrected chi connectivity index (χ3v) is 6.15. The SMILES string of the molecule is CCN(c1ccc(C(=O)Nc2ccc(F)cc2)cn1)C1CCS(=O)(=O)C1. The van der Waals surface area contributed by atoms with Crippen molar-refractivity contribution in [1.82, 2.24) is 4.98 Å². The molecule has 0 bridgehead atoms. The average molecular weight is 377 g/mol. The Morgan fingerprint density at radius 3 is 2.54 bits per heavy atom. The van der Waals surface area contributed by atoms with E-state index in [4.69, 9.17) is 0 Å². The van der Waals surface area contributed by atoms with Crippen molar-refractivity contribution in [3.8, 4) is 0 Å². The molecule has 2 heterocycles. The van der Waals surface area contributed by atoms with Gasteiger partial charge in [0.1, 0.15) is 11.6 Å². The summed E-state index contributed by atoms with van der Waals surface area (Å²) in [4.78, 5) is 18.5. The summed E-state index contributed by atoms with van der Waals surface area (Å²) in [6.07, 6.45) is 2.05. The number of halogens is 1. The molecule has 1 fully saturated rings. The molecule has 1 aromatic heterocycles. The average Bonchev–Trinajstić information content (AvgIpc) is 2.98. The summed E-state index contributed by atoms with van der Waals surface area (Å²) in [6, 6.07) is 8.78. The molecule has 3 rings (SSSR count). The molecule has 1 atom stereocenters. The summed E-state index contributed by atoms with van der Waals surface area (Å²) < 4.78 is 36.3. The molecule has 2 aromatic rings. The molecule has 1 aromatic carbocycles. The van der Waals surface area contributed by atoms with Crippen molar-refractivity contribution in [1.29, 1.82) is 0 Å². The number of carbonyl (C=O) groups is 1. The van der Waals surface area contributed by atoms with E-state index in [2.05, 4.69) is 10.3 Å². The van der Waals surface area contributed by atoms with E-state index in [0.29, 0.717) is 30.0 Å². The van der Waals surface area contributed by atoms with Gasteiger partial charge in [-0.2, -0.15) is 0 Å². The van der Waals surface area contributed by atoms with Gasteiger partial charge in [-0.05, 0) is 49.7 Å². The van der Waals surface area contributed by atoms with Gasteiger partial charge in [0, 0.05) is 24.5 Å². The number of nitrogens with zero attached hydrogens (tertiary/aromatic N) is 2. The lowest BCUT2D eigenvalue weighted by atomic mass is 10.2. The molecule has 1 N–H and O–H groups in total. The first-order valence-electron chi connectivity index (χ1n) is 8.38. The lowest BCUT2D eigenvalue weighted by molar-refractivity contribution is 0.102. The Bertz CT molecular complexity index is 883. The van der Waals surface area contributed by atoms with Crippen LogP contribution in [0.3, 0.4) is 0 Å². The number of aromatic nitrogens is 1. The molecule has 1 saturated heterocycles. The fourth-order valence-electron chi connectivity index (χ4n) is 3.06. The van der Waals surface area contributed by atoms with Crippen molar-refractivity contribution in [2.45, 2.75) is 19.4 Å². The third kappa shape index (κ3) is 4.19. The highest BCUT2D eigenvalue weighted by Gasteiger charge is 2.32. The van der Waals surface area contributed by atoms with Crippen molar-refractivity contribution < 1.29 is 17.6 Å². The van der Waals surface area contributed by atoms with Crippen LogP contribution in [0.25, 0.3) is 0 Å². The number of carbonyl (C=O) groups excluding carboxylic acids is 1. The molecule has 1 aliphatic heterocycles. The monoisotopic (exact) mass is 377 g/mol. The van der Waals surface area contributed by atoms with E-state index in [0.717, 1.165) is 0 Å². The number of sulfone groups is 1. The molecular weight excluding hydrogens is 357 g/mol. The minimum absolute atomic E-state index is 0.0867. The quantitative estimate of drug-likeness (QED) is 0.866. The van der Waals surface area contributed by atoms with Gasteiger partial charge in [0.15, 0.2) is 9.84 Å². The van der Waals surface area contributed by atoms with Crippen molar-refractivity contribution in [2.24, 2.45) is 0 Å². The second kappa shape index (κ2) is 7.41. The van der Waals surface area contributed by atoms with Crippen molar-refractivity contribution in [3.63, 3.8) is 0 Å². The molecule has 0 spiro atoms. The van der Waals surface area contributed by atoms with Crippen LogP contribution in [0, 0.1) is 5.82 Å². The standard InChI is InChI=1S/C18H20FN3O3S/c1-2-22(16-9-10-26(24,25)12-16)17-8-3-13(11-20-17)18(23)21-15-6-4-14(19)5-7-15/h3-8,11,16H,2,9-10,12H2,1H3,(H,21,23). The van der Waals surface area contributed by atoms with E-state index in [1.165, 1.54) is 30.5 Å². The first-order valence-corrected chi connectivity index (χ1v) is 10.2. The number of hydrogen-bond acceptors (Lipinski definition) is 5. The molecule has 8 heteroatoms. The van der Waals surface area contributed by atoms with E-state index in [1.54, 1.807) is 12.1 Å². The van der Waals surface area contributed by atoms with Crippen LogP contribution < -0.4 is 10.2 Å². The topological polar surface area (TPSA) is 79.4 Å². The molecule has 138 valence electrons. The predicted molar refractivity (Wildman–Crippen MR) is 98.7 cm³/mol. The highest BCUT2D eigenvalue weighted by Crippen LogP contribution is 2.23. The normalized spacial score (nSPS) is 18.5. The maximum atomic E-state index is 12.9. The lowest BCUT2D eigenvalue weighted by Gasteiger charge is -2.27. The van der Waals surface area contributed by atoms with Crippen LogP contribution in [-0.4, -0.2) is 43.4 Å². The van der Waals surface area contributed by atoms with Crippen LogP contribution >= 0.6 is 0 Å². The van der Waals surface area contributed by atoms with Crippen molar-refractivity contribution in [2.75, 3.05) is 28.3 Å². The second-order valence-corrected chi connectivity index (χ2v) is 8.44. The summed E-state index contributed by atoms with van der Waals surface area (Å²) >= 11 is 0. The molecule has 1 unspecified atom stereocenters. The Morgan fingerprint density at radius 1 is 1.27 bits per heavy atom. The maximum Gasteiger partial charge on any atom is 0.257 e. The number of pyridine rings is 1. The van der Waals surface area contributed by atoms with Crippen LogP contribution in [0.15, 0.2) is 42.6 Å². The minimum atomic E-state index is -2.98. The van der Waals surface area contributed by atoms with Gasteiger partial charge in [0.2, 0.25) is 0 Å². The van der Waals surface area contributed by atoms with Crippen LogP contribution in [0.5, 0.6) is 0 Å². The van der Waals surface area contributed by atoms with Gasteiger partial charge >= 0.3 is 0 Å². The smallest absolute Gasteiger partial charge is 0.257 e. The zero-order chi connectivity index (χ0) is 18.7. The highest BCUT2D eigenvalue weighted by atomic mass is 32.2. The van der Waals surface area contributed by atoms with Crippen molar-refractivity contribution in [3.05, 3.63) is 54.0 Å². The Labute approximate surface area is 152 Å². The summed E-state index contributed by atoms with van der Waals surface area (Å²) in [5.41, 5.74) is 0.861. The predicted octanol–water partition coefficient (Wildman–Crippen LogP) is 2.49. The van der Waals surface area contributed by atoms with Crippen LogP contribution in [0.2, 0.25) is 0 Å². The van der Waals surface area contributed by atoms with E-state index in [-0.39, 0.29) is 29.3 Å². The fourth-order valence-corrected chi connectivity index (χ4v) is 4.79. The molecule has 0 aliphatic carbocycles. The van der Waals surface area contributed by atoms with Gasteiger partial charge < -0.3 is 10.2 Å². The number of hydrogen-bond donors (Lipinski definition) is 1. The largest absolute Gasteiger partial charge is 0.353 e. The molecule has 6 nitrogen and oxygen atoms in total. The Kier molecular flexibility index (Phi) is 5.22. The fraction of sp³-hybridized carbons (Fsp3) is 0.333. The summed E-state index contributed by atoms with van der Waals surface area (Å²) in [6.45, 7) is 2.58. The second-order valence-electron chi connectivity index (χ2n) is 6.21. The first kappa shape index (κ1) is 18.3. The lowest BCUT2D eigenvalue weighted by Crippen LogP contribution is -2.36. The maximum absolute atomic E-state index is 12.9. The van der Waals surface area contributed by atoms with Crippen LogP contribution in [0.4, 0.5) is 15.9 Å². The Balaban J connectivity index is 1.70. The summed E-state index contributed by atoms with van der Waals surface area (Å²) in [5, 5.41) is 2.68. The molecule has 0 radical (unpaired) electrons. The number of nitrogens with one attached hydrogen (secondary N) is 1. The third-order valence-electron chi connectivity index (χ3n) is 4.40. The molecule has 0 saturated carbocycles. The number of rotatable bonds is 5. The van der Waals surface area contributed by atoms with Crippen molar-refractivity contribution >= 4 is 27.2 Å². The van der Waals surface area contributed by atoms with Gasteiger partial charge in [-0.25, -0.2) is 17.8 Å². The number of benzene rings is 1. The molecule has 1 aliphatic rings. The van der Waals surface area contributed by atoms with Gasteiger partial charge in [-0.15, -0.1) is 0 Å². The first-order chi connectivity index (χ1) is 12.4. The van der Waals surface area contributed by atoms with Crippen LogP contribution in [0.1, 0.15) is 23.7 Å². The zero-order valence-electron chi connectivity index (χ0n) is 14.4. The molecular formula is C18H20FN3O3S.